The second-order valence-electron chi connectivity index (χ2n) is 14.6. The molecule has 1 saturated carbocycles. The minimum atomic E-state index is -2.62. The molecule has 3 aromatic rings. The Balaban J connectivity index is 1.15. The van der Waals surface area contributed by atoms with Crippen molar-refractivity contribution in [3.63, 3.8) is 0 Å². The highest BCUT2D eigenvalue weighted by molar-refractivity contribution is 5.72. The molecule has 0 unspecified atom stereocenters. The van der Waals surface area contributed by atoms with E-state index in [0.29, 0.717) is 61.4 Å². The van der Waals surface area contributed by atoms with Gasteiger partial charge < -0.3 is 34.7 Å². The molecular formula is C39H51F2N5O8. The minimum absolute atomic E-state index is 0.145. The van der Waals surface area contributed by atoms with Crippen molar-refractivity contribution < 1.29 is 47.2 Å². The molecule has 1 aliphatic rings. The summed E-state index contributed by atoms with van der Waals surface area (Å²) in [5.41, 5.74) is 0.737. The molecular weight excluding hydrogens is 704 g/mol. The summed E-state index contributed by atoms with van der Waals surface area (Å²) in [6, 6.07) is 9.77. The average Bonchev–Trinajstić information content (AvgIpc) is 3.12. The van der Waals surface area contributed by atoms with Crippen LogP contribution in [0.4, 0.5) is 30.0 Å². The number of pyridine rings is 3. The van der Waals surface area contributed by atoms with Crippen LogP contribution in [0.5, 0.6) is 0 Å². The van der Waals surface area contributed by atoms with Gasteiger partial charge in [-0.05, 0) is 127 Å². The van der Waals surface area contributed by atoms with Crippen molar-refractivity contribution >= 4 is 29.9 Å². The van der Waals surface area contributed by atoms with E-state index in [-0.39, 0.29) is 29.8 Å². The number of carbonyl (C=O) groups is 3. The zero-order chi connectivity index (χ0) is 39.3. The van der Waals surface area contributed by atoms with E-state index in [4.69, 9.17) is 18.9 Å². The summed E-state index contributed by atoms with van der Waals surface area (Å²) in [6.45, 7) is 9.13. The molecule has 13 nitrogen and oxygen atoms in total. The molecule has 3 N–H and O–H groups in total. The number of ether oxygens (including phenoxy) is 4. The smallest absolute Gasteiger partial charge is 0.444 e. The van der Waals surface area contributed by atoms with Crippen molar-refractivity contribution in [1.82, 2.24) is 20.3 Å². The molecule has 3 aromatic heterocycles. The Morgan fingerprint density at radius 3 is 2.33 bits per heavy atom. The number of aromatic nitrogens is 3. The first-order valence-corrected chi connectivity index (χ1v) is 18.2. The summed E-state index contributed by atoms with van der Waals surface area (Å²) in [6.07, 6.45) is 4.09. The van der Waals surface area contributed by atoms with Crippen LogP contribution in [0.3, 0.4) is 0 Å². The SMILES string of the molecule is Cc1cc(Nc2cc(C(F)F)ccn2)nc(-c2ccc([C@](C)(O)C3CCC(C(=O)OCOC(=O)OCCCCCCNC(=O)OC(C)(C)C)CC3)nc2)c1. The zero-order valence-corrected chi connectivity index (χ0v) is 31.5. The number of unbranched alkanes of at least 4 members (excludes halogenated alkanes) is 3. The van der Waals surface area contributed by atoms with Crippen LogP contribution < -0.4 is 10.6 Å². The monoisotopic (exact) mass is 755 g/mol. The van der Waals surface area contributed by atoms with Gasteiger partial charge in [-0.15, -0.1) is 0 Å². The number of esters is 1. The largest absolute Gasteiger partial charge is 0.511 e. The predicted octanol–water partition coefficient (Wildman–Crippen LogP) is 8.28. The number of hydrogen-bond acceptors (Lipinski definition) is 12. The highest BCUT2D eigenvalue weighted by Crippen LogP contribution is 2.41. The van der Waals surface area contributed by atoms with Crippen molar-refractivity contribution in [3.8, 4) is 11.3 Å². The van der Waals surface area contributed by atoms with Crippen LogP contribution in [-0.2, 0) is 29.3 Å². The van der Waals surface area contributed by atoms with Gasteiger partial charge >= 0.3 is 18.2 Å². The second kappa shape index (κ2) is 19.4. The first-order valence-electron chi connectivity index (χ1n) is 18.2. The van der Waals surface area contributed by atoms with Gasteiger partial charge in [0.2, 0.25) is 6.79 Å². The average molecular weight is 756 g/mol. The molecule has 0 aromatic carbocycles. The number of halogens is 2. The maximum absolute atomic E-state index is 13.1. The van der Waals surface area contributed by atoms with Gasteiger partial charge in [0.05, 0.1) is 23.9 Å². The molecule has 0 radical (unpaired) electrons. The summed E-state index contributed by atoms with van der Waals surface area (Å²) >= 11 is 0. The van der Waals surface area contributed by atoms with E-state index >= 15 is 0 Å². The number of rotatable bonds is 16. The molecule has 0 aliphatic heterocycles. The van der Waals surface area contributed by atoms with Crippen molar-refractivity contribution in [2.24, 2.45) is 11.8 Å². The van der Waals surface area contributed by atoms with Gasteiger partial charge in [-0.2, -0.15) is 0 Å². The van der Waals surface area contributed by atoms with Crippen LogP contribution in [0, 0.1) is 18.8 Å². The lowest BCUT2D eigenvalue weighted by Gasteiger charge is -2.37. The van der Waals surface area contributed by atoms with Gasteiger partial charge in [-0.3, -0.25) is 9.78 Å². The van der Waals surface area contributed by atoms with Crippen LogP contribution in [0.2, 0.25) is 0 Å². The van der Waals surface area contributed by atoms with Crippen molar-refractivity contribution in [3.05, 3.63) is 65.6 Å². The van der Waals surface area contributed by atoms with Gasteiger partial charge in [-0.1, -0.05) is 6.42 Å². The van der Waals surface area contributed by atoms with Crippen LogP contribution in [-0.4, -0.2) is 63.8 Å². The molecule has 4 rings (SSSR count). The maximum Gasteiger partial charge on any atom is 0.511 e. The fourth-order valence-electron chi connectivity index (χ4n) is 6.14. The Hall–Kier alpha value is -4.92. The summed E-state index contributed by atoms with van der Waals surface area (Å²) < 4.78 is 46.6. The fraction of sp³-hybridized carbons (Fsp3) is 0.538. The molecule has 1 fully saturated rings. The van der Waals surface area contributed by atoms with E-state index in [2.05, 4.69) is 25.6 Å². The number of aryl methyl sites for hydroxylation is 1. The minimum Gasteiger partial charge on any atom is -0.444 e. The third kappa shape index (κ3) is 13.2. The molecule has 54 heavy (non-hydrogen) atoms. The summed E-state index contributed by atoms with van der Waals surface area (Å²) in [5.74, 6) is -0.328. The third-order valence-corrected chi connectivity index (χ3v) is 9.03. The van der Waals surface area contributed by atoms with Gasteiger partial charge in [0.15, 0.2) is 0 Å². The normalized spacial score (nSPS) is 16.9. The number of nitrogens with one attached hydrogen (secondary N) is 2. The van der Waals surface area contributed by atoms with Crippen LogP contribution >= 0.6 is 0 Å². The molecule has 15 heteroatoms. The summed E-state index contributed by atoms with van der Waals surface area (Å²) in [4.78, 5) is 49.5. The van der Waals surface area contributed by atoms with Crippen molar-refractivity contribution in [2.45, 2.75) is 104 Å². The van der Waals surface area contributed by atoms with E-state index in [1.165, 1.54) is 18.3 Å². The maximum atomic E-state index is 13.1. The number of nitrogens with zero attached hydrogens (tertiary/aromatic N) is 3. The molecule has 0 spiro atoms. The lowest BCUT2D eigenvalue weighted by Crippen LogP contribution is -2.37. The van der Waals surface area contributed by atoms with Crippen LogP contribution in [0.15, 0.2) is 48.8 Å². The van der Waals surface area contributed by atoms with Crippen molar-refractivity contribution in [1.29, 1.82) is 0 Å². The van der Waals surface area contributed by atoms with Gasteiger partial charge in [-0.25, -0.2) is 28.3 Å². The number of alkyl halides is 2. The Morgan fingerprint density at radius 2 is 1.65 bits per heavy atom. The lowest BCUT2D eigenvalue weighted by atomic mass is 9.73. The Kier molecular flexibility index (Phi) is 15.0. The number of alkyl carbamates (subject to hydrolysis) is 1. The standard InChI is InChI=1S/C39H51F2N5O8/c1-25-20-30(45-33(21-25)46-32-22-27(34(40)41)16-18-42-32)28-12-15-31(44-23-28)39(5,50)29-13-10-26(11-14-29)35(47)52-24-53-37(49)51-19-9-7-6-8-17-43-36(48)54-38(2,3)4/h12,15-16,18,20-23,26,29,34,50H,6-11,13-14,17,19,24H2,1-5H3,(H,43,48)(H,42,45,46)/t26?,29?,39-/m1/s1. The first kappa shape index (κ1) is 41.8. The van der Waals surface area contributed by atoms with Crippen molar-refractivity contribution in [2.75, 3.05) is 25.3 Å². The Labute approximate surface area is 314 Å². The van der Waals surface area contributed by atoms with E-state index in [9.17, 15) is 28.3 Å². The van der Waals surface area contributed by atoms with E-state index in [1.54, 1.807) is 46.0 Å². The zero-order valence-electron chi connectivity index (χ0n) is 31.5. The first-order chi connectivity index (χ1) is 25.6. The third-order valence-electron chi connectivity index (χ3n) is 9.03. The van der Waals surface area contributed by atoms with E-state index < -0.39 is 42.6 Å². The number of hydrogen-bond donors (Lipinski definition) is 3. The lowest BCUT2D eigenvalue weighted by molar-refractivity contribution is -0.160. The molecule has 3 heterocycles. The van der Waals surface area contributed by atoms with Gasteiger partial charge in [0.25, 0.3) is 6.43 Å². The van der Waals surface area contributed by atoms with E-state index in [1.807, 2.05) is 19.1 Å². The molecule has 294 valence electrons. The second-order valence-corrected chi connectivity index (χ2v) is 14.6. The summed E-state index contributed by atoms with van der Waals surface area (Å²) in [7, 11) is 0. The number of carbonyl (C=O) groups excluding carboxylic acids is 3. The Bertz CT molecular complexity index is 1690. The highest BCUT2D eigenvalue weighted by atomic mass is 19.3. The number of aliphatic hydroxyl groups is 1. The van der Waals surface area contributed by atoms with Crippen LogP contribution in [0.25, 0.3) is 11.3 Å². The summed E-state index contributed by atoms with van der Waals surface area (Å²) in [5, 5.41) is 17.2. The van der Waals surface area contributed by atoms with E-state index in [0.717, 1.165) is 24.8 Å². The predicted molar refractivity (Wildman–Crippen MR) is 196 cm³/mol. The van der Waals surface area contributed by atoms with Gasteiger partial charge in [0, 0.05) is 30.1 Å². The quantitative estimate of drug-likeness (QED) is 0.0554. The molecule has 1 atom stereocenters. The number of amides is 1. The topological polar surface area (TPSA) is 171 Å². The molecule has 0 saturated heterocycles. The highest BCUT2D eigenvalue weighted by Gasteiger charge is 2.39. The molecule has 1 aliphatic carbocycles. The van der Waals surface area contributed by atoms with Gasteiger partial charge in [0.1, 0.15) is 22.8 Å². The number of anilines is 2. The fourth-order valence-corrected chi connectivity index (χ4v) is 6.14. The molecule has 1 amide bonds. The molecule has 0 bridgehead atoms. The Morgan fingerprint density at radius 1 is 0.907 bits per heavy atom. The van der Waals surface area contributed by atoms with Crippen LogP contribution in [0.1, 0.15) is 102 Å².